The molecule has 3 nitrogen and oxygen atoms in total. The maximum Gasteiger partial charge on any atom is 0.240 e. The zero-order valence-electron chi connectivity index (χ0n) is 19.7. The van der Waals surface area contributed by atoms with E-state index in [0.29, 0.717) is 33.1 Å². The first kappa shape index (κ1) is 25.6. The summed E-state index contributed by atoms with van der Waals surface area (Å²) in [6.07, 6.45) is 1.69. The number of nitrogens with zero attached hydrogens (tertiary/aromatic N) is 2. The van der Waals surface area contributed by atoms with Crippen molar-refractivity contribution >= 4 is 54.2 Å². The molecule has 0 spiro atoms. The molecule has 0 unspecified atom stereocenters. The van der Waals surface area contributed by atoms with Gasteiger partial charge in [0, 0.05) is 6.20 Å². The van der Waals surface area contributed by atoms with Crippen molar-refractivity contribution in [1.82, 2.24) is 4.57 Å². The second-order valence-electron chi connectivity index (χ2n) is 9.35. The number of hydrogen-bond acceptors (Lipinski definition) is 2. The lowest BCUT2D eigenvalue weighted by Gasteiger charge is -2.27. The van der Waals surface area contributed by atoms with Crippen LogP contribution in [0.3, 0.4) is 0 Å². The highest BCUT2D eigenvalue weighted by atomic mass is 35.5. The van der Waals surface area contributed by atoms with Crippen molar-refractivity contribution in [2.24, 2.45) is 0 Å². The van der Waals surface area contributed by atoms with Crippen LogP contribution in [0.15, 0.2) is 79.0 Å². The van der Waals surface area contributed by atoms with E-state index >= 15 is 0 Å². The molecule has 7 heteroatoms. The van der Waals surface area contributed by atoms with E-state index in [0.717, 1.165) is 11.1 Å². The minimum absolute atomic E-state index is 0.309. The molecule has 0 aliphatic rings. The summed E-state index contributed by atoms with van der Waals surface area (Å²) in [7, 11) is -1.98. The fourth-order valence-corrected chi connectivity index (χ4v) is 7.66. The van der Waals surface area contributed by atoms with E-state index in [1.165, 1.54) is 10.4 Å². The predicted octanol–water partition coefficient (Wildman–Crippen LogP) is 6.66. The number of aromatic nitrogens is 1. The molecule has 35 heavy (non-hydrogen) atoms. The van der Waals surface area contributed by atoms with Crippen molar-refractivity contribution in [1.29, 1.82) is 5.26 Å². The highest BCUT2D eigenvalue weighted by Gasteiger charge is 2.27. The van der Waals surface area contributed by atoms with Crippen molar-refractivity contribution in [2.75, 3.05) is 0 Å². The SMILES string of the molecule is CC(C)(C)c1c(Cl)c(CO[SiH](c2ccccc2)c2ccccc2)cc(-n2cc(Cl)cc2C#N)c1Cl. The van der Waals surface area contributed by atoms with Crippen LogP contribution in [0.1, 0.15) is 37.6 Å². The monoisotopic (exact) mass is 538 g/mol. The van der Waals surface area contributed by atoms with Crippen LogP contribution >= 0.6 is 34.8 Å². The van der Waals surface area contributed by atoms with Gasteiger partial charge in [-0.05, 0) is 39.0 Å². The van der Waals surface area contributed by atoms with Gasteiger partial charge in [-0.2, -0.15) is 5.26 Å². The minimum atomic E-state index is -1.98. The predicted molar refractivity (Wildman–Crippen MR) is 148 cm³/mol. The molecular formula is C28H25Cl3N2OSi. The Kier molecular flexibility index (Phi) is 7.76. The molecule has 0 aliphatic heterocycles. The third kappa shape index (κ3) is 5.51. The van der Waals surface area contributed by atoms with Crippen LogP contribution in [0.25, 0.3) is 5.69 Å². The quantitative estimate of drug-likeness (QED) is 0.257. The van der Waals surface area contributed by atoms with Gasteiger partial charge in [-0.1, -0.05) is 116 Å². The van der Waals surface area contributed by atoms with E-state index in [4.69, 9.17) is 39.2 Å². The summed E-state index contributed by atoms with van der Waals surface area (Å²) in [5, 5.41) is 13.6. The number of halogens is 3. The van der Waals surface area contributed by atoms with Gasteiger partial charge >= 0.3 is 0 Å². The van der Waals surface area contributed by atoms with E-state index < -0.39 is 9.04 Å². The second kappa shape index (κ2) is 10.6. The van der Waals surface area contributed by atoms with Crippen LogP contribution in [0.4, 0.5) is 0 Å². The molecule has 1 aromatic heterocycles. The maximum atomic E-state index is 9.65. The average Bonchev–Trinajstić information content (AvgIpc) is 3.21. The van der Waals surface area contributed by atoms with Crippen LogP contribution in [-0.2, 0) is 16.4 Å². The molecule has 0 atom stereocenters. The normalized spacial score (nSPS) is 11.6. The first-order valence-electron chi connectivity index (χ1n) is 11.2. The molecule has 178 valence electrons. The van der Waals surface area contributed by atoms with E-state index in [-0.39, 0.29) is 5.41 Å². The van der Waals surface area contributed by atoms with Crippen molar-refractivity contribution in [2.45, 2.75) is 32.8 Å². The van der Waals surface area contributed by atoms with Gasteiger partial charge in [-0.25, -0.2) is 0 Å². The van der Waals surface area contributed by atoms with E-state index in [2.05, 4.69) is 51.1 Å². The van der Waals surface area contributed by atoms with Crippen molar-refractivity contribution in [3.05, 3.63) is 111 Å². The Morgan fingerprint density at radius 3 is 1.97 bits per heavy atom. The summed E-state index contributed by atoms with van der Waals surface area (Å²) in [5.74, 6) is 0. The van der Waals surface area contributed by atoms with E-state index in [1.807, 2.05) is 42.5 Å². The summed E-state index contributed by atoms with van der Waals surface area (Å²) < 4.78 is 8.36. The molecule has 1 heterocycles. The zero-order chi connectivity index (χ0) is 25.2. The lowest BCUT2D eigenvalue weighted by Crippen LogP contribution is -2.44. The van der Waals surface area contributed by atoms with E-state index in [9.17, 15) is 5.26 Å². The fraction of sp³-hybridized carbons (Fsp3) is 0.179. The van der Waals surface area contributed by atoms with Crippen LogP contribution in [0, 0.1) is 11.3 Å². The molecule has 0 bridgehead atoms. The van der Waals surface area contributed by atoms with Crippen molar-refractivity contribution < 1.29 is 4.43 Å². The highest BCUT2D eigenvalue weighted by Crippen LogP contribution is 2.42. The van der Waals surface area contributed by atoms with Gasteiger partial charge in [-0.3, -0.25) is 0 Å². The van der Waals surface area contributed by atoms with Gasteiger partial charge in [0.1, 0.15) is 11.8 Å². The maximum absolute atomic E-state index is 9.65. The molecule has 0 N–H and O–H groups in total. The first-order chi connectivity index (χ1) is 16.7. The highest BCUT2D eigenvalue weighted by molar-refractivity contribution is 6.80. The molecule has 4 rings (SSSR count). The second-order valence-corrected chi connectivity index (χ2v) is 13.0. The summed E-state index contributed by atoms with van der Waals surface area (Å²) in [4.78, 5) is 0. The van der Waals surface area contributed by atoms with Crippen LogP contribution in [0.5, 0.6) is 0 Å². The van der Waals surface area contributed by atoms with Crippen LogP contribution in [-0.4, -0.2) is 13.6 Å². The Labute approximate surface area is 223 Å². The van der Waals surface area contributed by atoms with Gasteiger partial charge in [0.25, 0.3) is 0 Å². The number of benzene rings is 3. The Hall–Kier alpha value is -2.52. The van der Waals surface area contributed by atoms with Crippen LogP contribution in [0.2, 0.25) is 15.1 Å². The topological polar surface area (TPSA) is 38.0 Å². The summed E-state index contributed by atoms with van der Waals surface area (Å²) >= 11 is 20.1. The molecule has 0 saturated carbocycles. The standard InChI is InChI=1S/C28H25Cl3N2OSi/c1-28(2,3)25-26(30)19(14-24(27(25)31)33-17-20(29)15-21(33)16-32)18-34-35(22-10-6-4-7-11-22)23-12-8-5-9-13-23/h4-15,17,35H,18H2,1-3H3. The molecule has 4 aromatic rings. The first-order valence-corrected chi connectivity index (χ1v) is 14.0. The van der Waals surface area contributed by atoms with Gasteiger partial charge in [0.05, 0.1) is 27.4 Å². The van der Waals surface area contributed by atoms with Crippen molar-refractivity contribution in [3.8, 4) is 11.8 Å². The summed E-state index contributed by atoms with van der Waals surface area (Å²) in [6, 6.07) is 26.3. The number of nitriles is 1. The lowest BCUT2D eigenvalue weighted by atomic mass is 9.85. The summed E-state index contributed by atoms with van der Waals surface area (Å²) in [5.41, 5.74) is 2.34. The Morgan fingerprint density at radius 1 is 0.886 bits per heavy atom. The minimum Gasteiger partial charge on any atom is -0.407 e. The third-order valence-corrected chi connectivity index (χ3v) is 9.28. The van der Waals surface area contributed by atoms with Crippen molar-refractivity contribution in [3.63, 3.8) is 0 Å². The van der Waals surface area contributed by atoms with Gasteiger partial charge in [0.2, 0.25) is 9.04 Å². The number of rotatable bonds is 6. The number of hydrogen-bond donors (Lipinski definition) is 0. The average molecular weight is 540 g/mol. The largest absolute Gasteiger partial charge is 0.407 e. The molecular weight excluding hydrogens is 515 g/mol. The molecule has 0 saturated heterocycles. The smallest absolute Gasteiger partial charge is 0.240 e. The van der Waals surface area contributed by atoms with Gasteiger partial charge < -0.3 is 8.99 Å². The molecule has 3 aromatic carbocycles. The Balaban J connectivity index is 1.81. The molecule has 0 radical (unpaired) electrons. The third-order valence-electron chi connectivity index (χ3n) is 5.78. The van der Waals surface area contributed by atoms with Crippen LogP contribution < -0.4 is 10.4 Å². The molecule has 0 aliphatic carbocycles. The fourth-order valence-electron chi connectivity index (χ4n) is 4.14. The Bertz CT molecular complexity index is 1330. The van der Waals surface area contributed by atoms with Gasteiger partial charge in [-0.15, -0.1) is 0 Å². The van der Waals surface area contributed by atoms with E-state index in [1.54, 1.807) is 16.8 Å². The summed E-state index contributed by atoms with van der Waals surface area (Å²) in [6.45, 7) is 6.50. The molecule has 0 amide bonds. The Morgan fingerprint density at radius 2 is 1.46 bits per heavy atom. The van der Waals surface area contributed by atoms with Gasteiger partial charge in [0.15, 0.2) is 0 Å². The lowest BCUT2D eigenvalue weighted by molar-refractivity contribution is 0.321. The molecule has 0 fully saturated rings. The zero-order valence-corrected chi connectivity index (χ0v) is 23.1.